The normalized spacial score (nSPS) is 12.1. The molecular formula is C23H26ClN5O6S. The van der Waals surface area contributed by atoms with Gasteiger partial charge in [0.1, 0.15) is 11.7 Å². The van der Waals surface area contributed by atoms with Crippen molar-refractivity contribution in [1.82, 2.24) is 9.55 Å². The average Bonchev–Trinajstić information content (AvgIpc) is 3.14. The summed E-state index contributed by atoms with van der Waals surface area (Å²) in [5, 5.41) is 13.3. The fraction of sp³-hybridized carbons (Fsp3) is 0.217. The molecule has 2 heterocycles. The van der Waals surface area contributed by atoms with Crippen LogP contribution < -0.4 is 25.2 Å². The number of sulfonamides is 1. The number of aliphatic hydroxyl groups is 1. The second-order valence-electron chi connectivity index (χ2n) is 7.76. The minimum absolute atomic E-state index is 0. The van der Waals surface area contributed by atoms with E-state index in [1.165, 1.54) is 32.4 Å². The van der Waals surface area contributed by atoms with Gasteiger partial charge in [-0.3, -0.25) is 9.52 Å². The molecule has 0 fully saturated rings. The molecule has 0 radical (unpaired) electrons. The number of rotatable bonds is 8. The maximum atomic E-state index is 13.2. The maximum Gasteiger partial charge on any atom is 0.262 e. The number of aromatic nitrogens is 2. The van der Waals surface area contributed by atoms with Crippen molar-refractivity contribution in [3.63, 3.8) is 0 Å². The number of fused-ring (bicyclic) bond motifs is 3. The van der Waals surface area contributed by atoms with E-state index in [9.17, 15) is 13.2 Å². The summed E-state index contributed by atoms with van der Waals surface area (Å²) < 4.78 is 41.0. The number of nitrogens with zero attached hydrogens (tertiary/aromatic N) is 2. The van der Waals surface area contributed by atoms with Gasteiger partial charge in [0, 0.05) is 35.1 Å². The minimum Gasteiger partial charge on any atom is -0.481 e. The molecule has 1 atom stereocenters. The largest absolute Gasteiger partial charge is 0.481 e. The highest BCUT2D eigenvalue weighted by Gasteiger charge is 2.20. The van der Waals surface area contributed by atoms with E-state index in [-0.39, 0.29) is 34.7 Å². The first-order valence-corrected chi connectivity index (χ1v) is 12.0. The Kier molecular flexibility index (Phi) is 7.94. The van der Waals surface area contributed by atoms with Gasteiger partial charge in [-0.05, 0) is 36.4 Å². The molecule has 2 aromatic carbocycles. The van der Waals surface area contributed by atoms with Crippen LogP contribution in [-0.4, -0.2) is 55.9 Å². The van der Waals surface area contributed by atoms with Crippen molar-refractivity contribution in [2.24, 2.45) is 12.8 Å². The number of halogens is 1. The Labute approximate surface area is 213 Å². The number of benzene rings is 2. The highest BCUT2D eigenvalue weighted by atomic mass is 35.5. The summed E-state index contributed by atoms with van der Waals surface area (Å²) in [6.07, 6.45) is 0. The number of anilines is 2. The molecule has 0 aliphatic rings. The fourth-order valence-electron chi connectivity index (χ4n) is 3.73. The number of aliphatic hydroxyl groups excluding tert-OH is 1. The van der Waals surface area contributed by atoms with Gasteiger partial charge in [0.15, 0.2) is 0 Å². The summed E-state index contributed by atoms with van der Waals surface area (Å²) in [6, 6.07) is 12.1. The van der Waals surface area contributed by atoms with E-state index >= 15 is 0 Å². The topological polar surface area (TPSA) is 158 Å². The summed E-state index contributed by atoms with van der Waals surface area (Å²) in [4.78, 5) is 16.2. The molecule has 36 heavy (non-hydrogen) atoms. The third kappa shape index (κ3) is 5.02. The number of nitrogens with two attached hydrogens (primary N) is 1. The predicted molar refractivity (Wildman–Crippen MR) is 140 cm³/mol. The molecule has 192 valence electrons. The van der Waals surface area contributed by atoms with Gasteiger partial charge in [0.05, 0.1) is 31.2 Å². The summed E-state index contributed by atoms with van der Waals surface area (Å²) in [6.45, 7) is -0.466. The molecule has 4 aromatic rings. The first-order chi connectivity index (χ1) is 16.7. The van der Waals surface area contributed by atoms with Crippen LogP contribution in [0.2, 0.25) is 0 Å². The highest BCUT2D eigenvalue weighted by molar-refractivity contribution is 7.92. The molecule has 4 rings (SSSR count). The molecule has 0 aliphatic heterocycles. The summed E-state index contributed by atoms with van der Waals surface area (Å²) in [5.41, 5.74) is 7.83. The van der Waals surface area contributed by atoms with Crippen LogP contribution in [0.1, 0.15) is 0 Å². The van der Waals surface area contributed by atoms with Crippen LogP contribution in [0.15, 0.2) is 53.4 Å². The molecule has 11 nitrogen and oxygen atoms in total. The van der Waals surface area contributed by atoms with Gasteiger partial charge in [-0.2, -0.15) is 4.98 Å². The summed E-state index contributed by atoms with van der Waals surface area (Å²) >= 11 is 0. The van der Waals surface area contributed by atoms with Gasteiger partial charge < -0.3 is 30.2 Å². The molecule has 0 saturated heterocycles. The van der Waals surface area contributed by atoms with E-state index in [1.807, 2.05) is 11.6 Å². The first-order valence-electron chi connectivity index (χ1n) is 10.5. The number of ether oxygens (including phenoxy) is 2. The van der Waals surface area contributed by atoms with Gasteiger partial charge in [0.2, 0.25) is 17.7 Å². The Bertz CT molecular complexity index is 1540. The van der Waals surface area contributed by atoms with Crippen molar-refractivity contribution in [2.75, 3.05) is 30.9 Å². The molecule has 0 aliphatic carbocycles. The number of amides is 1. The van der Waals surface area contributed by atoms with Crippen LogP contribution >= 0.6 is 12.4 Å². The third-order valence-electron chi connectivity index (χ3n) is 5.57. The van der Waals surface area contributed by atoms with Crippen molar-refractivity contribution in [3.8, 4) is 11.8 Å². The second kappa shape index (κ2) is 10.6. The van der Waals surface area contributed by atoms with Crippen molar-refractivity contribution in [1.29, 1.82) is 0 Å². The van der Waals surface area contributed by atoms with E-state index < -0.39 is 28.6 Å². The average molecular weight is 536 g/mol. The van der Waals surface area contributed by atoms with Gasteiger partial charge >= 0.3 is 0 Å². The van der Waals surface area contributed by atoms with E-state index in [0.29, 0.717) is 5.69 Å². The number of methoxy groups -OCH3 is 2. The Morgan fingerprint density at radius 3 is 2.50 bits per heavy atom. The van der Waals surface area contributed by atoms with Gasteiger partial charge in [-0.25, -0.2) is 8.42 Å². The molecule has 1 amide bonds. The van der Waals surface area contributed by atoms with E-state index in [4.69, 9.17) is 20.3 Å². The Morgan fingerprint density at radius 1 is 1.08 bits per heavy atom. The third-order valence-corrected chi connectivity index (χ3v) is 6.93. The smallest absolute Gasteiger partial charge is 0.262 e. The monoisotopic (exact) mass is 535 g/mol. The van der Waals surface area contributed by atoms with Crippen LogP contribution in [0.25, 0.3) is 21.8 Å². The molecule has 5 N–H and O–H groups in total. The Hall–Kier alpha value is -3.58. The molecule has 0 spiro atoms. The zero-order chi connectivity index (χ0) is 25.3. The summed E-state index contributed by atoms with van der Waals surface area (Å²) in [7, 11) is 0.711. The van der Waals surface area contributed by atoms with Crippen molar-refractivity contribution >= 4 is 61.5 Å². The second-order valence-corrected chi connectivity index (χ2v) is 9.45. The number of aryl methyl sites for hydroxylation is 1. The molecular weight excluding hydrogens is 510 g/mol. The molecule has 0 bridgehead atoms. The number of hydrogen-bond donors (Lipinski definition) is 4. The lowest BCUT2D eigenvalue weighted by Gasteiger charge is -2.12. The van der Waals surface area contributed by atoms with Crippen LogP contribution in [0.4, 0.5) is 11.4 Å². The molecule has 0 saturated carbocycles. The highest BCUT2D eigenvalue weighted by Crippen LogP contribution is 2.33. The molecule has 13 heteroatoms. The first kappa shape index (κ1) is 27.0. The van der Waals surface area contributed by atoms with Gasteiger partial charge in [-0.15, -0.1) is 12.4 Å². The van der Waals surface area contributed by atoms with Crippen LogP contribution in [0.3, 0.4) is 0 Å². The number of pyridine rings is 1. The lowest BCUT2D eigenvalue weighted by Crippen LogP contribution is -2.38. The standard InChI is InChI=1S/C23H25N5O6S.ClH/c1-28-19-8-5-14(35(31,32)27-18-7-9-21(33-2)26-23(18)34-3)11-16(19)15-6-4-13(10-20(15)28)25-22(30)17(24)12-29;/h4-11,17,27,29H,12,24H2,1-3H3,(H,25,30);1H/t17-;/m0./s1. The Balaban J connectivity index is 0.00000361. The van der Waals surface area contributed by atoms with Crippen LogP contribution in [0.5, 0.6) is 11.8 Å². The van der Waals surface area contributed by atoms with Gasteiger partial charge in [-0.1, -0.05) is 6.07 Å². The minimum atomic E-state index is -3.97. The Morgan fingerprint density at radius 2 is 1.83 bits per heavy atom. The lowest BCUT2D eigenvalue weighted by atomic mass is 10.1. The van der Waals surface area contributed by atoms with Crippen molar-refractivity contribution in [3.05, 3.63) is 48.5 Å². The zero-order valence-corrected chi connectivity index (χ0v) is 21.3. The zero-order valence-electron chi connectivity index (χ0n) is 19.7. The fourth-order valence-corrected chi connectivity index (χ4v) is 4.81. The van der Waals surface area contributed by atoms with Crippen LogP contribution in [0, 0.1) is 0 Å². The van der Waals surface area contributed by atoms with Crippen molar-refractivity contribution in [2.45, 2.75) is 10.9 Å². The SMILES string of the molecule is COc1ccc(NS(=O)(=O)c2ccc3c(c2)c2ccc(NC(=O)[C@@H](N)CO)cc2n3C)c(OC)n1.Cl. The van der Waals surface area contributed by atoms with Crippen molar-refractivity contribution < 1.29 is 27.8 Å². The van der Waals surface area contributed by atoms with E-state index in [0.717, 1.165) is 21.8 Å². The van der Waals surface area contributed by atoms with E-state index in [1.54, 1.807) is 30.3 Å². The van der Waals surface area contributed by atoms with E-state index in [2.05, 4.69) is 15.0 Å². The number of carbonyl (C=O) groups excluding carboxylic acids is 1. The summed E-state index contributed by atoms with van der Waals surface area (Å²) in [5.74, 6) is -0.140. The molecule has 2 aromatic heterocycles. The number of hydrogen-bond acceptors (Lipinski definition) is 8. The quantitative estimate of drug-likeness (QED) is 0.267. The predicted octanol–water partition coefficient (Wildman–Crippen LogP) is 2.22. The molecule has 0 unspecified atom stereocenters. The number of nitrogens with one attached hydrogen (secondary N) is 2. The maximum absolute atomic E-state index is 13.2. The number of carbonyl (C=O) groups is 1. The lowest BCUT2D eigenvalue weighted by molar-refractivity contribution is -0.118. The van der Waals surface area contributed by atoms with Gasteiger partial charge in [0.25, 0.3) is 10.0 Å². The van der Waals surface area contributed by atoms with Crippen LogP contribution in [-0.2, 0) is 21.9 Å².